The zero-order valence-corrected chi connectivity index (χ0v) is 11.8. The molecule has 0 saturated heterocycles. The van der Waals surface area contributed by atoms with Gasteiger partial charge in [-0.1, -0.05) is 32.9 Å². The van der Waals surface area contributed by atoms with Crippen molar-refractivity contribution in [2.24, 2.45) is 0 Å². The fraction of sp³-hybridized carbons (Fsp3) is 0.750. The van der Waals surface area contributed by atoms with Crippen molar-refractivity contribution in [2.45, 2.75) is 57.5 Å². The van der Waals surface area contributed by atoms with Gasteiger partial charge in [-0.15, -0.1) is 11.8 Å². The number of rotatable bonds is 6. The second-order valence-electron chi connectivity index (χ2n) is 4.97. The van der Waals surface area contributed by atoms with Crippen molar-refractivity contribution in [3.8, 4) is 0 Å². The van der Waals surface area contributed by atoms with Crippen LogP contribution in [0.3, 0.4) is 0 Å². The number of thioether (sulfide) groups is 1. The Morgan fingerprint density at radius 2 is 2.12 bits per heavy atom. The first kappa shape index (κ1) is 14.2. The first-order valence-corrected chi connectivity index (χ1v) is 6.86. The van der Waals surface area contributed by atoms with Crippen LogP contribution in [0.15, 0.2) is 4.52 Å². The van der Waals surface area contributed by atoms with Crippen LogP contribution in [0.5, 0.6) is 0 Å². The average molecular weight is 256 g/mol. The summed E-state index contributed by atoms with van der Waals surface area (Å²) in [6.07, 6.45) is 1.70. The van der Waals surface area contributed by atoms with E-state index in [4.69, 9.17) is 4.52 Å². The minimum absolute atomic E-state index is 0.158. The summed E-state index contributed by atoms with van der Waals surface area (Å²) >= 11 is 1.76. The maximum Gasteiger partial charge on any atom is 0.234 e. The fourth-order valence-corrected chi connectivity index (χ4v) is 1.92. The van der Waals surface area contributed by atoms with E-state index in [0.29, 0.717) is 18.1 Å². The van der Waals surface area contributed by atoms with E-state index in [1.807, 2.05) is 6.92 Å². The lowest BCUT2D eigenvalue weighted by molar-refractivity contribution is -0.118. The summed E-state index contributed by atoms with van der Waals surface area (Å²) in [5.41, 5.74) is 0. The van der Waals surface area contributed by atoms with E-state index in [2.05, 4.69) is 30.9 Å². The third-order valence-electron chi connectivity index (χ3n) is 2.02. The van der Waals surface area contributed by atoms with Crippen molar-refractivity contribution in [1.82, 2.24) is 10.1 Å². The van der Waals surface area contributed by atoms with E-state index < -0.39 is 0 Å². The van der Waals surface area contributed by atoms with Gasteiger partial charge >= 0.3 is 0 Å². The predicted molar refractivity (Wildman–Crippen MR) is 69.0 cm³/mol. The topological polar surface area (TPSA) is 56.0 Å². The molecule has 17 heavy (non-hydrogen) atoms. The molecule has 0 fully saturated rings. The first-order valence-electron chi connectivity index (χ1n) is 5.88. The van der Waals surface area contributed by atoms with Gasteiger partial charge in [0.1, 0.15) is 5.78 Å². The number of hydrogen-bond donors (Lipinski definition) is 0. The molecule has 1 rings (SSSR count). The zero-order chi connectivity index (χ0) is 12.9. The van der Waals surface area contributed by atoms with Crippen LogP contribution >= 0.6 is 11.8 Å². The highest BCUT2D eigenvalue weighted by Crippen LogP contribution is 2.26. The number of aromatic nitrogens is 2. The van der Waals surface area contributed by atoms with E-state index in [1.165, 1.54) is 0 Å². The van der Waals surface area contributed by atoms with Crippen LogP contribution in [0.4, 0.5) is 0 Å². The number of carbonyl (C=O) groups is 1. The highest BCUT2D eigenvalue weighted by atomic mass is 32.2. The molecule has 1 aromatic rings. The summed E-state index contributed by atoms with van der Waals surface area (Å²) in [6, 6.07) is 0. The van der Waals surface area contributed by atoms with Crippen molar-refractivity contribution >= 4 is 17.5 Å². The summed E-state index contributed by atoms with van der Waals surface area (Å²) in [6.45, 7) is 8.41. The van der Waals surface area contributed by atoms with Crippen LogP contribution in [0.2, 0.25) is 0 Å². The van der Waals surface area contributed by atoms with Crippen molar-refractivity contribution in [3.63, 3.8) is 0 Å². The van der Waals surface area contributed by atoms with Crippen molar-refractivity contribution in [1.29, 1.82) is 0 Å². The third-order valence-corrected chi connectivity index (χ3v) is 3.29. The van der Waals surface area contributed by atoms with E-state index in [9.17, 15) is 4.79 Å². The monoisotopic (exact) mass is 256 g/mol. The van der Waals surface area contributed by atoms with Crippen molar-refractivity contribution in [3.05, 3.63) is 11.7 Å². The van der Waals surface area contributed by atoms with Crippen molar-refractivity contribution in [2.75, 3.05) is 0 Å². The Morgan fingerprint density at radius 3 is 2.71 bits per heavy atom. The van der Waals surface area contributed by atoms with Gasteiger partial charge in [-0.05, 0) is 6.42 Å². The Hall–Kier alpha value is -0.840. The summed E-state index contributed by atoms with van der Waals surface area (Å²) in [5.74, 6) is 1.98. The molecule has 0 radical (unpaired) electrons. The lowest BCUT2D eigenvalue weighted by atomic mass is 10.2. The van der Waals surface area contributed by atoms with Gasteiger partial charge in [0.15, 0.2) is 5.82 Å². The molecule has 1 aromatic heterocycles. The Morgan fingerprint density at radius 1 is 1.41 bits per heavy atom. The highest BCUT2D eigenvalue weighted by Gasteiger charge is 2.15. The lowest BCUT2D eigenvalue weighted by Gasteiger charge is -2.15. The Labute approximate surface area is 107 Å². The molecular weight excluding hydrogens is 236 g/mol. The van der Waals surface area contributed by atoms with Crippen molar-refractivity contribution < 1.29 is 9.32 Å². The van der Waals surface area contributed by atoms with Crippen LogP contribution in [0, 0.1) is 0 Å². The zero-order valence-electron chi connectivity index (χ0n) is 10.9. The molecule has 0 unspecified atom stereocenters. The summed E-state index contributed by atoms with van der Waals surface area (Å²) < 4.78 is 5.23. The molecule has 1 heterocycles. The molecule has 96 valence electrons. The molecular formula is C12H20N2O2S. The second kappa shape index (κ2) is 6.19. The molecule has 0 aliphatic heterocycles. The molecule has 5 heteroatoms. The quantitative estimate of drug-likeness (QED) is 0.783. The van der Waals surface area contributed by atoms with Gasteiger partial charge in [-0.2, -0.15) is 4.98 Å². The number of Topliss-reactive ketones (excluding diaryl/α,β-unsaturated/α-hetero) is 1. The van der Waals surface area contributed by atoms with E-state index in [1.54, 1.807) is 11.8 Å². The summed E-state index contributed by atoms with van der Waals surface area (Å²) in [4.78, 5) is 15.6. The summed E-state index contributed by atoms with van der Waals surface area (Å²) in [7, 11) is 0. The van der Waals surface area contributed by atoms with Gasteiger partial charge in [0.05, 0.1) is 12.2 Å². The SMILES string of the molecule is CCCC(=O)Cc1nc(CSC(C)(C)C)no1. The number of hydrogen-bond acceptors (Lipinski definition) is 5. The van der Waals surface area contributed by atoms with Gasteiger partial charge in [-0.25, -0.2) is 0 Å². The first-order chi connectivity index (χ1) is 7.90. The molecule has 0 spiro atoms. The second-order valence-corrected chi connectivity index (χ2v) is 6.77. The smallest absolute Gasteiger partial charge is 0.234 e. The number of carbonyl (C=O) groups excluding carboxylic acids is 1. The van der Waals surface area contributed by atoms with Gasteiger partial charge in [0.25, 0.3) is 0 Å². The Kier molecular flexibility index (Phi) is 5.18. The van der Waals surface area contributed by atoms with Gasteiger partial charge in [0.2, 0.25) is 5.89 Å². The average Bonchev–Trinajstić information content (AvgIpc) is 2.62. The summed E-state index contributed by atoms with van der Waals surface area (Å²) in [5, 5.41) is 3.87. The van der Waals surface area contributed by atoms with Gasteiger partial charge in [-0.3, -0.25) is 4.79 Å². The standard InChI is InChI=1S/C12H20N2O2S/c1-5-6-9(15)7-11-13-10(14-16-11)8-17-12(2,3)4/h5-8H2,1-4H3. The maximum atomic E-state index is 11.4. The van der Waals surface area contributed by atoms with Crippen LogP contribution in [-0.2, 0) is 17.0 Å². The fourth-order valence-electron chi connectivity index (χ4n) is 1.24. The molecule has 0 aliphatic rings. The normalized spacial score (nSPS) is 11.8. The maximum absolute atomic E-state index is 11.4. The molecule has 0 amide bonds. The predicted octanol–water partition coefficient (Wildman–Crippen LogP) is 3.01. The largest absolute Gasteiger partial charge is 0.339 e. The molecule has 0 aliphatic carbocycles. The Bertz CT molecular complexity index is 369. The Balaban J connectivity index is 2.45. The van der Waals surface area contributed by atoms with E-state index in [-0.39, 0.29) is 17.0 Å². The molecule has 0 bridgehead atoms. The van der Waals surface area contributed by atoms with Crippen LogP contribution in [0.25, 0.3) is 0 Å². The minimum Gasteiger partial charge on any atom is -0.339 e. The molecule has 0 aromatic carbocycles. The van der Waals surface area contributed by atoms with Crippen LogP contribution < -0.4 is 0 Å². The van der Waals surface area contributed by atoms with Crippen LogP contribution in [-0.4, -0.2) is 20.7 Å². The lowest BCUT2D eigenvalue weighted by Crippen LogP contribution is -2.08. The van der Waals surface area contributed by atoms with E-state index >= 15 is 0 Å². The number of nitrogens with zero attached hydrogens (tertiary/aromatic N) is 2. The molecule has 4 nitrogen and oxygen atoms in total. The molecule has 0 saturated carbocycles. The molecule has 0 atom stereocenters. The number of ketones is 1. The third kappa shape index (κ3) is 5.86. The van der Waals surface area contributed by atoms with Gasteiger partial charge < -0.3 is 4.52 Å². The van der Waals surface area contributed by atoms with Crippen LogP contribution in [0.1, 0.15) is 52.3 Å². The molecule has 0 N–H and O–H groups in total. The highest BCUT2D eigenvalue weighted by molar-refractivity contribution is 7.99. The van der Waals surface area contributed by atoms with Gasteiger partial charge in [0, 0.05) is 11.2 Å². The minimum atomic E-state index is 0.158. The van der Waals surface area contributed by atoms with E-state index in [0.717, 1.165) is 12.2 Å².